The third-order valence-electron chi connectivity index (χ3n) is 1.57. The van der Waals surface area contributed by atoms with Gasteiger partial charge in [-0.1, -0.05) is 11.6 Å². The predicted molar refractivity (Wildman–Crippen MR) is 50.8 cm³/mol. The van der Waals surface area contributed by atoms with Gasteiger partial charge in [-0.2, -0.15) is 0 Å². The van der Waals surface area contributed by atoms with E-state index in [1.54, 1.807) is 0 Å². The quantitative estimate of drug-likeness (QED) is 0.800. The van der Waals surface area contributed by atoms with Crippen LogP contribution in [0.3, 0.4) is 0 Å². The lowest BCUT2D eigenvalue weighted by atomic mass is 10.2. The van der Waals surface area contributed by atoms with Gasteiger partial charge in [0.2, 0.25) is 0 Å². The van der Waals surface area contributed by atoms with Crippen molar-refractivity contribution in [2.45, 2.75) is 0 Å². The van der Waals surface area contributed by atoms with Crippen LogP contribution in [0, 0.1) is 5.82 Å². The highest BCUT2D eigenvalue weighted by atomic mass is 35.5. The zero-order valence-electron chi connectivity index (χ0n) is 7.26. The number of aliphatic hydroxyl groups excluding tert-OH is 1. The van der Waals surface area contributed by atoms with Gasteiger partial charge < -0.3 is 10.4 Å². The zero-order chi connectivity index (χ0) is 10.6. The van der Waals surface area contributed by atoms with Gasteiger partial charge in [-0.05, 0) is 18.2 Å². The number of carbonyl (C=O) groups excluding carboxylic acids is 1. The lowest BCUT2D eigenvalue weighted by Gasteiger charge is -2.04. The molecule has 2 N–H and O–H groups in total. The van der Waals surface area contributed by atoms with Gasteiger partial charge in [0.15, 0.2) is 0 Å². The number of rotatable bonds is 3. The number of carbonyl (C=O) groups is 1. The molecule has 1 rings (SSSR count). The number of halogens is 2. The second kappa shape index (κ2) is 4.93. The van der Waals surface area contributed by atoms with Crippen molar-refractivity contribution in [1.82, 2.24) is 5.32 Å². The number of benzene rings is 1. The molecular formula is C9H9ClFNO2. The van der Waals surface area contributed by atoms with E-state index in [4.69, 9.17) is 16.7 Å². The molecule has 0 heterocycles. The van der Waals surface area contributed by atoms with Gasteiger partial charge in [-0.25, -0.2) is 4.39 Å². The Labute approximate surface area is 85.5 Å². The summed E-state index contributed by atoms with van der Waals surface area (Å²) in [5, 5.41) is 11.1. The minimum absolute atomic E-state index is 0.0881. The Hall–Kier alpha value is -1.13. The van der Waals surface area contributed by atoms with Crippen LogP contribution in [0.4, 0.5) is 4.39 Å². The Balaban J connectivity index is 2.83. The second-order valence-electron chi connectivity index (χ2n) is 2.60. The summed E-state index contributed by atoms with van der Waals surface area (Å²) in [6.07, 6.45) is 0. The minimum atomic E-state index is -0.634. The van der Waals surface area contributed by atoms with E-state index in [0.29, 0.717) is 5.02 Å². The highest BCUT2D eigenvalue weighted by Crippen LogP contribution is 2.14. The first kappa shape index (κ1) is 10.9. The minimum Gasteiger partial charge on any atom is -0.395 e. The summed E-state index contributed by atoms with van der Waals surface area (Å²) in [5.41, 5.74) is -0.119. The Bertz CT molecular complexity index is 344. The Morgan fingerprint density at radius 2 is 2.29 bits per heavy atom. The maximum absolute atomic E-state index is 13.1. The maximum Gasteiger partial charge on any atom is 0.254 e. The highest BCUT2D eigenvalue weighted by molar-refractivity contribution is 6.30. The average Bonchev–Trinajstić information content (AvgIpc) is 2.18. The third-order valence-corrected chi connectivity index (χ3v) is 1.81. The number of hydrogen-bond acceptors (Lipinski definition) is 2. The largest absolute Gasteiger partial charge is 0.395 e. The SMILES string of the molecule is O=C(NCCO)c1cc(Cl)ccc1F. The molecule has 1 aromatic rings. The van der Waals surface area contributed by atoms with Crippen LogP contribution in [-0.2, 0) is 0 Å². The van der Waals surface area contributed by atoms with Crippen LogP contribution in [0.2, 0.25) is 5.02 Å². The van der Waals surface area contributed by atoms with Crippen molar-refractivity contribution in [2.24, 2.45) is 0 Å². The lowest BCUT2D eigenvalue weighted by Crippen LogP contribution is -2.27. The number of nitrogens with one attached hydrogen (secondary N) is 1. The predicted octanol–water partition coefficient (Wildman–Crippen LogP) is 1.20. The fourth-order valence-corrected chi connectivity index (χ4v) is 1.11. The maximum atomic E-state index is 13.1. The molecule has 5 heteroatoms. The fourth-order valence-electron chi connectivity index (χ4n) is 0.936. The number of aliphatic hydroxyl groups is 1. The van der Waals surface area contributed by atoms with Crippen LogP contribution in [0.5, 0.6) is 0 Å². The van der Waals surface area contributed by atoms with Crippen molar-refractivity contribution in [3.63, 3.8) is 0 Å². The number of hydrogen-bond donors (Lipinski definition) is 2. The standard InChI is InChI=1S/C9H9ClFNO2/c10-6-1-2-8(11)7(5-6)9(14)12-3-4-13/h1-2,5,13H,3-4H2,(H,12,14). The normalized spacial score (nSPS) is 9.93. The van der Waals surface area contributed by atoms with E-state index in [0.717, 1.165) is 6.07 Å². The van der Waals surface area contributed by atoms with E-state index < -0.39 is 11.7 Å². The molecule has 0 atom stereocenters. The third kappa shape index (κ3) is 2.68. The molecule has 0 aliphatic carbocycles. The van der Waals surface area contributed by atoms with Crippen molar-refractivity contribution in [3.05, 3.63) is 34.6 Å². The molecule has 0 aliphatic heterocycles. The van der Waals surface area contributed by atoms with Gasteiger partial charge >= 0.3 is 0 Å². The smallest absolute Gasteiger partial charge is 0.254 e. The van der Waals surface area contributed by atoms with E-state index in [1.165, 1.54) is 12.1 Å². The highest BCUT2D eigenvalue weighted by Gasteiger charge is 2.10. The van der Waals surface area contributed by atoms with Gasteiger partial charge in [0.25, 0.3) is 5.91 Å². The summed E-state index contributed by atoms with van der Waals surface area (Å²) < 4.78 is 13.1. The van der Waals surface area contributed by atoms with Crippen molar-refractivity contribution in [2.75, 3.05) is 13.2 Å². The Morgan fingerprint density at radius 1 is 1.57 bits per heavy atom. The first-order valence-electron chi connectivity index (χ1n) is 3.99. The molecule has 0 saturated carbocycles. The Kier molecular flexibility index (Phi) is 3.85. The fraction of sp³-hybridized carbons (Fsp3) is 0.222. The monoisotopic (exact) mass is 217 g/mol. The molecule has 0 radical (unpaired) electrons. The van der Waals surface area contributed by atoms with Crippen molar-refractivity contribution in [3.8, 4) is 0 Å². The Morgan fingerprint density at radius 3 is 2.93 bits per heavy atom. The first-order chi connectivity index (χ1) is 6.65. The van der Waals surface area contributed by atoms with Crippen LogP contribution in [0.1, 0.15) is 10.4 Å². The molecule has 1 aromatic carbocycles. The first-order valence-corrected chi connectivity index (χ1v) is 4.37. The van der Waals surface area contributed by atoms with Crippen LogP contribution < -0.4 is 5.32 Å². The van der Waals surface area contributed by atoms with E-state index in [1.807, 2.05) is 0 Å². The molecule has 0 bridgehead atoms. The summed E-state index contributed by atoms with van der Waals surface area (Å²) in [5.74, 6) is -1.22. The summed E-state index contributed by atoms with van der Waals surface area (Å²) in [6, 6.07) is 3.72. The molecule has 0 aliphatic rings. The van der Waals surface area contributed by atoms with Crippen LogP contribution in [0.25, 0.3) is 0 Å². The van der Waals surface area contributed by atoms with Crippen molar-refractivity contribution in [1.29, 1.82) is 0 Å². The molecule has 76 valence electrons. The molecule has 14 heavy (non-hydrogen) atoms. The van der Waals surface area contributed by atoms with Gasteiger partial charge in [0, 0.05) is 11.6 Å². The van der Waals surface area contributed by atoms with Gasteiger partial charge in [0.1, 0.15) is 5.82 Å². The van der Waals surface area contributed by atoms with E-state index in [9.17, 15) is 9.18 Å². The van der Waals surface area contributed by atoms with E-state index >= 15 is 0 Å². The molecular weight excluding hydrogens is 209 g/mol. The summed E-state index contributed by atoms with van der Waals surface area (Å²) in [4.78, 5) is 11.3. The summed E-state index contributed by atoms with van der Waals surface area (Å²) >= 11 is 5.60. The average molecular weight is 218 g/mol. The van der Waals surface area contributed by atoms with Crippen molar-refractivity contribution >= 4 is 17.5 Å². The zero-order valence-corrected chi connectivity index (χ0v) is 8.01. The van der Waals surface area contributed by atoms with E-state index in [-0.39, 0.29) is 18.7 Å². The van der Waals surface area contributed by atoms with Crippen LogP contribution >= 0.6 is 11.6 Å². The van der Waals surface area contributed by atoms with Gasteiger partial charge in [-0.15, -0.1) is 0 Å². The summed E-state index contributed by atoms with van der Waals surface area (Å²) in [6.45, 7) is -0.0985. The molecule has 0 spiro atoms. The molecule has 3 nitrogen and oxygen atoms in total. The molecule has 0 saturated heterocycles. The molecule has 0 fully saturated rings. The van der Waals surface area contributed by atoms with Crippen LogP contribution in [-0.4, -0.2) is 24.2 Å². The van der Waals surface area contributed by atoms with Gasteiger partial charge in [0.05, 0.1) is 12.2 Å². The number of amides is 1. The molecule has 0 unspecified atom stereocenters. The molecule has 0 aromatic heterocycles. The topological polar surface area (TPSA) is 49.3 Å². The van der Waals surface area contributed by atoms with E-state index in [2.05, 4.69) is 5.32 Å². The van der Waals surface area contributed by atoms with Crippen molar-refractivity contribution < 1.29 is 14.3 Å². The van der Waals surface area contributed by atoms with Crippen LogP contribution in [0.15, 0.2) is 18.2 Å². The lowest BCUT2D eigenvalue weighted by molar-refractivity contribution is 0.0940. The van der Waals surface area contributed by atoms with Gasteiger partial charge in [-0.3, -0.25) is 4.79 Å². The molecule has 1 amide bonds. The summed E-state index contributed by atoms with van der Waals surface area (Å²) in [7, 11) is 0. The second-order valence-corrected chi connectivity index (χ2v) is 3.04.